The number of Topliss-reactive ketones (excluding diaryl/α,β-unsaturated/α-hetero) is 1. The van der Waals surface area contributed by atoms with Crippen LogP contribution in [-0.2, 0) is 9.59 Å². The summed E-state index contributed by atoms with van der Waals surface area (Å²) in [6.45, 7) is 3.81. The van der Waals surface area contributed by atoms with Crippen molar-refractivity contribution in [3.63, 3.8) is 0 Å². The molecule has 2 atom stereocenters. The van der Waals surface area contributed by atoms with Crippen LogP contribution in [0.25, 0.3) is 0 Å². The molecule has 0 N–H and O–H groups in total. The lowest BCUT2D eigenvalue weighted by Crippen LogP contribution is -2.37. The number of benzene rings is 1. The van der Waals surface area contributed by atoms with Gasteiger partial charge in [0.05, 0.1) is 18.4 Å². The normalized spacial score (nSPS) is 28.1. The van der Waals surface area contributed by atoms with Gasteiger partial charge in [-0.15, -0.1) is 0 Å². The van der Waals surface area contributed by atoms with E-state index < -0.39 is 0 Å². The first kappa shape index (κ1) is 14.0. The van der Waals surface area contributed by atoms with Crippen molar-refractivity contribution in [2.75, 3.05) is 6.54 Å². The maximum Gasteiger partial charge on any atom is 0.233 e. The van der Waals surface area contributed by atoms with Gasteiger partial charge in [0.15, 0.2) is 5.78 Å². The van der Waals surface area contributed by atoms with Gasteiger partial charge in [0.25, 0.3) is 0 Å². The maximum atomic E-state index is 12.4. The number of ketones is 1. The van der Waals surface area contributed by atoms with Gasteiger partial charge in [0.2, 0.25) is 11.8 Å². The zero-order chi connectivity index (χ0) is 15.1. The number of amides is 2. The zero-order valence-corrected chi connectivity index (χ0v) is 12.3. The maximum absolute atomic E-state index is 12.4. The molecule has 2 fully saturated rings. The SMILES string of the molecule is Cc1ccccc1C(=O)CN1C(=O)C2CC(C)CC2C1=O. The minimum atomic E-state index is -0.197. The van der Waals surface area contributed by atoms with Crippen molar-refractivity contribution in [3.05, 3.63) is 35.4 Å². The Morgan fingerprint density at radius 3 is 2.29 bits per heavy atom. The Balaban J connectivity index is 1.77. The van der Waals surface area contributed by atoms with Crippen molar-refractivity contribution in [1.29, 1.82) is 0 Å². The van der Waals surface area contributed by atoms with E-state index in [1.54, 1.807) is 12.1 Å². The predicted molar refractivity (Wildman–Crippen MR) is 77.6 cm³/mol. The Bertz CT molecular complexity index is 598. The van der Waals surface area contributed by atoms with E-state index >= 15 is 0 Å². The van der Waals surface area contributed by atoms with Crippen LogP contribution in [0.4, 0.5) is 0 Å². The highest BCUT2D eigenvalue weighted by Gasteiger charge is 2.51. The van der Waals surface area contributed by atoms with Crippen LogP contribution >= 0.6 is 0 Å². The van der Waals surface area contributed by atoms with Gasteiger partial charge in [-0.05, 0) is 31.2 Å². The molecule has 1 saturated heterocycles. The molecule has 1 saturated carbocycles. The Hall–Kier alpha value is -1.97. The lowest BCUT2D eigenvalue weighted by molar-refractivity contribution is -0.139. The topological polar surface area (TPSA) is 54.5 Å². The molecular weight excluding hydrogens is 266 g/mol. The van der Waals surface area contributed by atoms with E-state index in [9.17, 15) is 14.4 Å². The highest BCUT2D eigenvalue weighted by Crippen LogP contribution is 2.42. The van der Waals surface area contributed by atoms with Crippen molar-refractivity contribution in [1.82, 2.24) is 4.90 Å². The molecule has 21 heavy (non-hydrogen) atoms. The number of rotatable bonds is 3. The minimum Gasteiger partial charge on any atom is -0.292 e. The van der Waals surface area contributed by atoms with Crippen molar-refractivity contribution in [3.8, 4) is 0 Å². The summed E-state index contributed by atoms with van der Waals surface area (Å²) < 4.78 is 0. The predicted octanol–water partition coefficient (Wildman–Crippen LogP) is 2.21. The van der Waals surface area contributed by atoms with E-state index in [2.05, 4.69) is 6.92 Å². The van der Waals surface area contributed by atoms with E-state index in [1.807, 2.05) is 19.1 Å². The van der Waals surface area contributed by atoms with Crippen molar-refractivity contribution >= 4 is 17.6 Å². The molecule has 1 aliphatic carbocycles. The molecular formula is C17H19NO3. The Labute approximate surface area is 124 Å². The number of carbonyl (C=O) groups excluding carboxylic acids is 3. The summed E-state index contributed by atoms with van der Waals surface area (Å²) in [6.07, 6.45) is 1.54. The van der Waals surface area contributed by atoms with Gasteiger partial charge < -0.3 is 0 Å². The average Bonchev–Trinajstić information content (AvgIpc) is 2.93. The molecule has 2 aliphatic rings. The van der Waals surface area contributed by atoms with E-state index in [0.717, 1.165) is 18.4 Å². The highest BCUT2D eigenvalue weighted by molar-refractivity contribution is 6.10. The molecule has 2 amide bonds. The molecule has 4 nitrogen and oxygen atoms in total. The van der Waals surface area contributed by atoms with Crippen LogP contribution in [0.3, 0.4) is 0 Å². The highest BCUT2D eigenvalue weighted by atomic mass is 16.2. The molecule has 1 heterocycles. The summed E-state index contributed by atoms with van der Waals surface area (Å²) in [7, 11) is 0. The second-order valence-electron chi connectivity index (χ2n) is 6.29. The van der Waals surface area contributed by atoms with Gasteiger partial charge in [-0.3, -0.25) is 19.3 Å². The van der Waals surface area contributed by atoms with Gasteiger partial charge in [-0.25, -0.2) is 0 Å². The molecule has 3 rings (SSSR count). The first-order chi connectivity index (χ1) is 9.99. The lowest BCUT2D eigenvalue weighted by Gasteiger charge is -2.16. The van der Waals surface area contributed by atoms with Gasteiger partial charge >= 0.3 is 0 Å². The molecule has 0 bridgehead atoms. The van der Waals surface area contributed by atoms with Crippen LogP contribution in [0.5, 0.6) is 0 Å². The number of fused-ring (bicyclic) bond motifs is 1. The van der Waals surface area contributed by atoms with Crippen LogP contribution in [-0.4, -0.2) is 29.0 Å². The molecule has 0 radical (unpaired) electrons. The fraction of sp³-hybridized carbons (Fsp3) is 0.471. The van der Waals surface area contributed by atoms with E-state index in [0.29, 0.717) is 11.5 Å². The number of carbonyl (C=O) groups is 3. The molecule has 1 aromatic carbocycles. The van der Waals surface area contributed by atoms with Gasteiger partial charge in [-0.1, -0.05) is 31.2 Å². The number of hydrogen-bond donors (Lipinski definition) is 0. The van der Waals surface area contributed by atoms with Crippen molar-refractivity contribution in [2.24, 2.45) is 17.8 Å². The molecule has 0 aromatic heterocycles. The third kappa shape index (κ3) is 2.28. The van der Waals surface area contributed by atoms with Crippen LogP contribution < -0.4 is 0 Å². The molecule has 4 heteroatoms. The summed E-state index contributed by atoms with van der Waals surface area (Å²) in [5.41, 5.74) is 1.46. The first-order valence-electron chi connectivity index (χ1n) is 7.43. The average molecular weight is 285 g/mol. The van der Waals surface area contributed by atoms with E-state index in [-0.39, 0.29) is 36.0 Å². The number of aryl methyl sites for hydroxylation is 1. The Kier molecular flexibility index (Phi) is 3.40. The standard InChI is InChI=1S/C17H19NO3/c1-10-7-13-14(8-10)17(21)18(16(13)20)9-15(19)12-6-4-3-5-11(12)2/h3-6,10,13-14H,7-9H2,1-2H3. The van der Waals surface area contributed by atoms with Crippen molar-refractivity contribution < 1.29 is 14.4 Å². The molecule has 110 valence electrons. The van der Waals surface area contributed by atoms with E-state index in [1.165, 1.54) is 4.90 Å². The summed E-state index contributed by atoms with van der Waals surface area (Å²) in [6, 6.07) is 7.26. The fourth-order valence-electron chi connectivity index (χ4n) is 3.62. The largest absolute Gasteiger partial charge is 0.292 e. The van der Waals surface area contributed by atoms with Crippen LogP contribution in [0, 0.1) is 24.7 Å². The Morgan fingerprint density at radius 1 is 1.14 bits per heavy atom. The monoisotopic (exact) mass is 285 g/mol. The number of likely N-dealkylation sites (tertiary alicyclic amines) is 1. The van der Waals surface area contributed by atoms with Gasteiger partial charge in [0.1, 0.15) is 0 Å². The smallest absolute Gasteiger partial charge is 0.233 e. The fourth-order valence-corrected chi connectivity index (χ4v) is 3.62. The lowest BCUT2D eigenvalue weighted by atomic mass is 10.00. The van der Waals surface area contributed by atoms with Crippen LogP contribution in [0.15, 0.2) is 24.3 Å². The van der Waals surface area contributed by atoms with Crippen molar-refractivity contribution in [2.45, 2.75) is 26.7 Å². The van der Waals surface area contributed by atoms with Gasteiger partial charge in [-0.2, -0.15) is 0 Å². The summed E-state index contributed by atoms with van der Waals surface area (Å²) in [5, 5.41) is 0. The third-order valence-electron chi connectivity index (χ3n) is 4.71. The molecule has 2 unspecified atom stereocenters. The zero-order valence-electron chi connectivity index (χ0n) is 12.3. The first-order valence-corrected chi connectivity index (χ1v) is 7.43. The van der Waals surface area contributed by atoms with Crippen LogP contribution in [0.2, 0.25) is 0 Å². The second kappa shape index (κ2) is 5.10. The molecule has 0 spiro atoms. The minimum absolute atomic E-state index is 0.121. The summed E-state index contributed by atoms with van der Waals surface area (Å²) in [4.78, 5) is 38.2. The second-order valence-corrected chi connectivity index (χ2v) is 6.29. The van der Waals surface area contributed by atoms with E-state index in [4.69, 9.17) is 0 Å². The summed E-state index contributed by atoms with van der Waals surface area (Å²) in [5.74, 6) is -0.452. The quantitative estimate of drug-likeness (QED) is 0.632. The number of hydrogen-bond acceptors (Lipinski definition) is 3. The van der Waals surface area contributed by atoms with Gasteiger partial charge in [0, 0.05) is 5.56 Å². The van der Waals surface area contributed by atoms with Crippen LogP contribution in [0.1, 0.15) is 35.7 Å². The molecule has 1 aromatic rings. The molecule has 1 aliphatic heterocycles. The number of nitrogens with zero attached hydrogens (tertiary/aromatic N) is 1. The Morgan fingerprint density at radius 2 is 1.71 bits per heavy atom. The number of imide groups is 1. The third-order valence-corrected chi connectivity index (χ3v) is 4.71. The summed E-state index contributed by atoms with van der Waals surface area (Å²) >= 11 is 0.